The van der Waals surface area contributed by atoms with Crippen LogP contribution in [0.15, 0.2) is 40.9 Å². The molecule has 5 heteroatoms. The molecule has 1 atom stereocenters. The third kappa shape index (κ3) is 4.43. The van der Waals surface area contributed by atoms with Gasteiger partial charge in [0, 0.05) is 26.1 Å². The first-order chi connectivity index (χ1) is 10.0. The molecular weight excluding hydrogens is 376 g/mol. The van der Waals surface area contributed by atoms with Crippen LogP contribution in [-0.2, 0) is 6.42 Å². The van der Waals surface area contributed by atoms with Crippen molar-refractivity contribution in [2.75, 3.05) is 6.54 Å². The zero-order chi connectivity index (χ0) is 15.4. The molecule has 0 heterocycles. The summed E-state index contributed by atoms with van der Waals surface area (Å²) >= 11 is 15.6. The van der Waals surface area contributed by atoms with Crippen LogP contribution in [-0.4, -0.2) is 6.54 Å². The summed E-state index contributed by atoms with van der Waals surface area (Å²) in [5.74, 6) is -0.234. The van der Waals surface area contributed by atoms with E-state index in [1.165, 1.54) is 6.07 Å². The first kappa shape index (κ1) is 16.8. The van der Waals surface area contributed by atoms with E-state index >= 15 is 0 Å². The van der Waals surface area contributed by atoms with Gasteiger partial charge in [-0.15, -0.1) is 0 Å². The molecule has 0 radical (unpaired) electrons. The van der Waals surface area contributed by atoms with Crippen LogP contribution < -0.4 is 5.32 Å². The Kier molecular flexibility index (Phi) is 6.06. The van der Waals surface area contributed by atoms with E-state index in [-0.39, 0.29) is 11.9 Å². The van der Waals surface area contributed by atoms with Crippen LogP contribution in [0.2, 0.25) is 10.0 Å². The molecule has 1 nitrogen and oxygen atoms in total. The van der Waals surface area contributed by atoms with Gasteiger partial charge in [-0.05, 0) is 54.9 Å². The van der Waals surface area contributed by atoms with Crippen molar-refractivity contribution in [2.24, 2.45) is 0 Å². The van der Waals surface area contributed by atoms with Crippen molar-refractivity contribution in [3.05, 3.63) is 67.9 Å². The first-order valence-corrected chi connectivity index (χ1v) is 8.18. The SMILES string of the molecule is CCNC(Cc1cc(Cl)ccc1Cl)c1cc(Br)ccc1F. The van der Waals surface area contributed by atoms with Gasteiger partial charge in [0.25, 0.3) is 0 Å². The van der Waals surface area contributed by atoms with Crippen LogP contribution >= 0.6 is 39.1 Å². The zero-order valence-electron chi connectivity index (χ0n) is 11.5. The Labute approximate surface area is 142 Å². The van der Waals surface area contributed by atoms with Crippen LogP contribution in [0, 0.1) is 5.82 Å². The topological polar surface area (TPSA) is 12.0 Å². The second kappa shape index (κ2) is 7.59. The molecule has 0 aliphatic heterocycles. The molecule has 1 unspecified atom stereocenters. The summed E-state index contributed by atoms with van der Waals surface area (Å²) < 4.78 is 15.0. The minimum absolute atomic E-state index is 0.163. The van der Waals surface area contributed by atoms with E-state index in [0.717, 1.165) is 16.6 Å². The highest BCUT2D eigenvalue weighted by atomic mass is 79.9. The number of rotatable bonds is 5. The second-order valence-electron chi connectivity index (χ2n) is 4.72. The lowest BCUT2D eigenvalue weighted by Gasteiger charge is -2.20. The lowest BCUT2D eigenvalue weighted by Crippen LogP contribution is -2.24. The molecule has 0 spiro atoms. The molecule has 1 N–H and O–H groups in total. The van der Waals surface area contributed by atoms with Crippen LogP contribution in [0.1, 0.15) is 24.1 Å². The van der Waals surface area contributed by atoms with E-state index in [9.17, 15) is 4.39 Å². The second-order valence-corrected chi connectivity index (χ2v) is 6.48. The zero-order valence-corrected chi connectivity index (χ0v) is 14.6. The van der Waals surface area contributed by atoms with Crippen molar-refractivity contribution in [3.63, 3.8) is 0 Å². The van der Waals surface area contributed by atoms with Gasteiger partial charge in [0.2, 0.25) is 0 Å². The van der Waals surface area contributed by atoms with Crippen molar-refractivity contribution < 1.29 is 4.39 Å². The highest BCUT2D eigenvalue weighted by molar-refractivity contribution is 9.10. The normalized spacial score (nSPS) is 12.4. The largest absolute Gasteiger partial charge is 0.310 e. The monoisotopic (exact) mass is 389 g/mol. The lowest BCUT2D eigenvalue weighted by molar-refractivity contribution is 0.510. The molecule has 0 aliphatic carbocycles. The molecule has 0 aromatic heterocycles. The Balaban J connectivity index is 2.35. The number of benzene rings is 2. The Bertz CT molecular complexity index is 634. The van der Waals surface area contributed by atoms with E-state index in [2.05, 4.69) is 21.2 Å². The fraction of sp³-hybridized carbons (Fsp3) is 0.250. The predicted octanol–water partition coefficient (Wildman–Crippen LogP) is 5.79. The molecule has 2 aromatic rings. The number of likely N-dealkylation sites (N-methyl/N-ethyl adjacent to an activating group) is 1. The van der Waals surface area contributed by atoms with Crippen molar-refractivity contribution in [3.8, 4) is 0 Å². The van der Waals surface area contributed by atoms with Crippen molar-refractivity contribution >= 4 is 39.1 Å². The van der Waals surface area contributed by atoms with Crippen LogP contribution in [0.4, 0.5) is 4.39 Å². The molecule has 0 saturated heterocycles. The van der Waals surface area contributed by atoms with Gasteiger partial charge in [-0.1, -0.05) is 46.1 Å². The molecule has 0 aliphatic rings. The molecule has 0 bridgehead atoms. The van der Waals surface area contributed by atoms with Gasteiger partial charge in [-0.2, -0.15) is 0 Å². The molecule has 2 aromatic carbocycles. The van der Waals surface area contributed by atoms with Gasteiger partial charge < -0.3 is 5.32 Å². The summed E-state index contributed by atoms with van der Waals surface area (Å²) in [5, 5.41) is 4.56. The minimum atomic E-state index is -0.234. The van der Waals surface area contributed by atoms with E-state index in [4.69, 9.17) is 23.2 Å². The highest BCUT2D eigenvalue weighted by Crippen LogP contribution is 2.28. The molecule has 0 saturated carbocycles. The highest BCUT2D eigenvalue weighted by Gasteiger charge is 2.17. The van der Waals surface area contributed by atoms with Crippen molar-refractivity contribution in [1.82, 2.24) is 5.32 Å². The molecule has 21 heavy (non-hydrogen) atoms. The molecular formula is C16H15BrCl2FN. The maximum absolute atomic E-state index is 14.1. The standard InChI is InChI=1S/C16H15BrCl2FN/c1-2-21-16(13-9-11(17)3-6-15(13)20)8-10-7-12(18)4-5-14(10)19/h3-7,9,16,21H,2,8H2,1H3. The predicted molar refractivity (Wildman–Crippen MR) is 90.7 cm³/mol. The number of nitrogens with one attached hydrogen (secondary N) is 1. The van der Waals surface area contributed by atoms with Gasteiger partial charge in [0.05, 0.1) is 0 Å². The van der Waals surface area contributed by atoms with Gasteiger partial charge in [0.1, 0.15) is 5.82 Å². The molecule has 2 rings (SSSR count). The summed E-state index contributed by atoms with van der Waals surface area (Å²) in [6.45, 7) is 2.72. The summed E-state index contributed by atoms with van der Waals surface area (Å²) in [4.78, 5) is 0. The maximum Gasteiger partial charge on any atom is 0.128 e. The lowest BCUT2D eigenvalue weighted by atomic mass is 9.98. The average molecular weight is 391 g/mol. The molecule has 0 amide bonds. The first-order valence-electron chi connectivity index (χ1n) is 6.63. The van der Waals surface area contributed by atoms with Gasteiger partial charge >= 0.3 is 0 Å². The molecule has 112 valence electrons. The van der Waals surface area contributed by atoms with E-state index in [0.29, 0.717) is 22.0 Å². The summed E-state index contributed by atoms with van der Waals surface area (Å²) in [5.41, 5.74) is 1.51. The fourth-order valence-electron chi connectivity index (χ4n) is 2.24. The maximum atomic E-state index is 14.1. The van der Waals surface area contributed by atoms with E-state index in [1.54, 1.807) is 24.3 Å². The van der Waals surface area contributed by atoms with Gasteiger partial charge in [-0.25, -0.2) is 4.39 Å². The van der Waals surface area contributed by atoms with E-state index in [1.807, 2.05) is 13.0 Å². The number of hydrogen-bond donors (Lipinski definition) is 1. The smallest absolute Gasteiger partial charge is 0.128 e. The fourth-order valence-corrected chi connectivity index (χ4v) is 3.01. The van der Waals surface area contributed by atoms with Crippen molar-refractivity contribution in [2.45, 2.75) is 19.4 Å². The summed E-state index contributed by atoms with van der Waals surface area (Å²) in [6, 6.07) is 10.1. The number of hydrogen-bond acceptors (Lipinski definition) is 1. The minimum Gasteiger partial charge on any atom is -0.310 e. The van der Waals surface area contributed by atoms with Crippen LogP contribution in [0.3, 0.4) is 0 Å². The Morgan fingerprint density at radius 2 is 1.95 bits per heavy atom. The molecule has 0 fully saturated rings. The Morgan fingerprint density at radius 1 is 1.19 bits per heavy atom. The summed E-state index contributed by atoms with van der Waals surface area (Å²) in [6.07, 6.45) is 0.570. The van der Waals surface area contributed by atoms with Crippen LogP contribution in [0.25, 0.3) is 0 Å². The van der Waals surface area contributed by atoms with Crippen LogP contribution in [0.5, 0.6) is 0 Å². The summed E-state index contributed by atoms with van der Waals surface area (Å²) in [7, 11) is 0. The van der Waals surface area contributed by atoms with Crippen molar-refractivity contribution in [1.29, 1.82) is 0 Å². The Morgan fingerprint density at radius 3 is 2.67 bits per heavy atom. The van der Waals surface area contributed by atoms with Gasteiger partial charge in [-0.3, -0.25) is 0 Å². The third-order valence-electron chi connectivity index (χ3n) is 3.22. The third-order valence-corrected chi connectivity index (χ3v) is 4.31. The van der Waals surface area contributed by atoms with Gasteiger partial charge in [0.15, 0.2) is 0 Å². The van der Waals surface area contributed by atoms with E-state index < -0.39 is 0 Å². The number of halogens is 4. The Hall–Kier alpha value is -0.610. The average Bonchev–Trinajstić information content (AvgIpc) is 2.45. The quantitative estimate of drug-likeness (QED) is 0.681.